The second-order valence-corrected chi connectivity index (χ2v) is 7.85. The Labute approximate surface area is 187 Å². The van der Waals surface area contributed by atoms with Crippen LogP contribution in [-0.4, -0.2) is 28.7 Å². The number of nitrogens with one attached hydrogen (secondary N) is 1. The van der Waals surface area contributed by atoms with Gasteiger partial charge in [-0.15, -0.1) is 0 Å². The number of carbonyl (C=O) groups excluding carboxylic acids is 1. The first-order valence-electron chi connectivity index (χ1n) is 10.5. The molecule has 0 spiro atoms. The van der Waals surface area contributed by atoms with E-state index in [0.717, 1.165) is 18.6 Å². The van der Waals surface area contributed by atoms with Crippen molar-refractivity contribution in [1.82, 2.24) is 14.9 Å². The third-order valence-corrected chi connectivity index (χ3v) is 5.52. The van der Waals surface area contributed by atoms with E-state index in [2.05, 4.69) is 10.3 Å². The Balaban J connectivity index is 1.57. The van der Waals surface area contributed by atoms with Gasteiger partial charge in [0.15, 0.2) is 0 Å². The summed E-state index contributed by atoms with van der Waals surface area (Å²) in [7, 11) is 0. The fourth-order valence-corrected chi connectivity index (χ4v) is 3.87. The molecule has 0 aliphatic carbocycles. The molecule has 1 amide bonds. The third-order valence-electron chi connectivity index (χ3n) is 5.52. The number of alkyl halides is 3. The van der Waals surface area contributed by atoms with Gasteiger partial charge >= 0.3 is 6.18 Å². The summed E-state index contributed by atoms with van der Waals surface area (Å²) in [6, 6.07) is 9.05. The first-order valence-corrected chi connectivity index (χ1v) is 10.5. The summed E-state index contributed by atoms with van der Waals surface area (Å²) < 4.78 is 40.3. The van der Waals surface area contributed by atoms with Gasteiger partial charge in [0.25, 0.3) is 11.5 Å². The van der Waals surface area contributed by atoms with Crippen LogP contribution in [0.3, 0.4) is 0 Å². The van der Waals surface area contributed by atoms with Crippen LogP contribution in [0.15, 0.2) is 47.3 Å². The lowest BCUT2D eigenvalue weighted by atomic mass is 10.1. The number of benzene rings is 2. The highest BCUT2D eigenvalue weighted by Crippen LogP contribution is 2.29. The van der Waals surface area contributed by atoms with Crippen molar-refractivity contribution in [1.29, 1.82) is 0 Å². The first-order chi connectivity index (χ1) is 15.7. The number of rotatable bonds is 4. The van der Waals surface area contributed by atoms with E-state index < -0.39 is 17.6 Å². The maximum atomic E-state index is 13.2. The number of hydrogen-bond donors (Lipinski definition) is 1. The molecule has 1 fully saturated rings. The fourth-order valence-electron chi connectivity index (χ4n) is 3.87. The summed E-state index contributed by atoms with van der Waals surface area (Å²) in [6.07, 6.45) is -3.08. The summed E-state index contributed by atoms with van der Waals surface area (Å²) in [6.45, 7) is 2.50. The molecule has 1 aliphatic heterocycles. The zero-order valence-corrected chi connectivity index (χ0v) is 17.8. The third kappa shape index (κ3) is 5.07. The zero-order chi connectivity index (χ0) is 23.6. The Bertz CT molecular complexity index is 1230. The van der Waals surface area contributed by atoms with Crippen molar-refractivity contribution >= 4 is 16.8 Å². The zero-order valence-electron chi connectivity index (χ0n) is 17.8. The molecule has 1 N–H and O–H groups in total. The monoisotopic (exact) mass is 461 g/mol. The molecule has 1 atom stereocenters. The van der Waals surface area contributed by atoms with E-state index in [0.29, 0.717) is 35.3 Å². The van der Waals surface area contributed by atoms with Crippen molar-refractivity contribution in [2.75, 3.05) is 13.2 Å². The summed E-state index contributed by atoms with van der Waals surface area (Å²) in [5.41, 5.74) is -0.0688. The molecule has 0 saturated carbocycles. The van der Waals surface area contributed by atoms with Crippen LogP contribution in [0.1, 0.15) is 46.2 Å². The van der Waals surface area contributed by atoms with E-state index >= 15 is 0 Å². The number of nitrogens with zero attached hydrogens (tertiary/aromatic N) is 2. The van der Waals surface area contributed by atoms with E-state index in [1.54, 1.807) is 29.7 Å². The van der Waals surface area contributed by atoms with Crippen LogP contribution < -0.4 is 10.9 Å². The second-order valence-electron chi connectivity index (χ2n) is 7.85. The summed E-state index contributed by atoms with van der Waals surface area (Å²) in [4.78, 5) is 40.3. The summed E-state index contributed by atoms with van der Waals surface area (Å²) in [5, 5.41) is 2.99. The minimum atomic E-state index is -4.53. The van der Waals surface area contributed by atoms with Gasteiger partial charge in [-0.1, -0.05) is 12.1 Å². The van der Waals surface area contributed by atoms with Gasteiger partial charge in [-0.25, -0.2) is 14.8 Å². The van der Waals surface area contributed by atoms with E-state index in [1.807, 2.05) is 0 Å². The molecule has 4 rings (SSSR count). The Morgan fingerprint density at radius 1 is 1.21 bits per heavy atom. The van der Waals surface area contributed by atoms with Crippen LogP contribution in [0.25, 0.3) is 10.9 Å². The highest BCUT2D eigenvalue weighted by molar-refractivity contribution is 5.94. The smallest absolute Gasteiger partial charge is 0.348 e. The number of fused-ring (bicyclic) bond motifs is 1. The topological polar surface area (TPSA) is 82.5 Å². The molecule has 1 aromatic heterocycles. The van der Waals surface area contributed by atoms with Gasteiger partial charge in [0.2, 0.25) is 0 Å². The molecule has 2 heterocycles. The van der Waals surface area contributed by atoms with Crippen LogP contribution in [0, 0.1) is 6.92 Å². The minimum Gasteiger partial charge on any atom is -0.348 e. The predicted octanol–water partition coefficient (Wildman–Crippen LogP) is 3.94. The maximum Gasteiger partial charge on any atom is 0.416 e. The lowest BCUT2D eigenvalue weighted by molar-refractivity contribution is -0.291. The van der Waals surface area contributed by atoms with Crippen molar-refractivity contribution < 1.29 is 27.7 Å². The molecule has 1 aliphatic rings. The van der Waals surface area contributed by atoms with E-state index in [4.69, 9.17) is 9.78 Å². The van der Waals surface area contributed by atoms with Crippen LogP contribution >= 0.6 is 0 Å². The fraction of sp³-hybridized carbons (Fsp3) is 0.348. The Morgan fingerprint density at radius 3 is 2.82 bits per heavy atom. The van der Waals surface area contributed by atoms with E-state index in [-0.39, 0.29) is 30.3 Å². The van der Waals surface area contributed by atoms with Crippen molar-refractivity contribution in [3.8, 4) is 0 Å². The van der Waals surface area contributed by atoms with Crippen molar-refractivity contribution in [2.24, 2.45) is 0 Å². The molecular weight excluding hydrogens is 439 g/mol. The molecular formula is C23H22F3N3O4. The number of amides is 1. The van der Waals surface area contributed by atoms with Gasteiger partial charge in [-0.05, 0) is 55.7 Å². The lowest BCUT2D eigenvalue weighted by Gasteiger charge is -2.19. The highest BCUT2D eigenvalue weighted by atomic mass is 19.4. The Hall–Kier alpha value is -3.24. The number of aryl methyl sites for hydroxylation is 1. The molecule has 1 unspecified atom stereocenters. The molecule has 33 heavy (non-hydrogen) atoms. The van der Waals surface area contributed by atoms with E-state index in [1.165, 1.54) is 12.1 Å². The maximum absolute atomic E-state index is 13.2. The van der Waals surface area contributed by atoms with Crippen LogP contribution in [0.2, 0.25) is 0 Å². The largest absolute Gasteiger partial charge is 0.416 e. The van der Waals surface area contributed by atoms with Gasteiger partial charge in [0.05, 0.1) is 29.1 Å². The standard InChI is InChI=1S/C23H22F3N3O4/c1-14-28-20-8-7-15(10-19(20)22(31)29(14)18-6-3-9-32-33-13-18)12-27-21(30)16-4-2-5-17(11-16)23(24,25)26/h2,4-5,7-8,10-11,18H,3,6,9,12-13H2,1H3,(H,27,30). The summed E-state index contributed by atoms with van der Waals surface area (Å²) >= 11 is 0. The number of aromatic nitrogens is 2. The van der Waals surface area contributed by atoms with Crippen LogP contribution in [0.5, 0.6) is 0 Å². The van der Waals surface area contributed by atoms with Crippen LogP contribution in [0.4, 0.5) is 13.2 Å². The average Bonchev–Trinajstić information content (AvgIpc) is 3.06. The second kappa shape index (κ2) is 9.32. The minimum absolute atomic E-state index is 0.0404. The van der Waals surface area contributed by atoms with Gasteiger partial charge < -0.3 is 5.32 Å². The van der Waals surface area contributed by atoms with E-state index in [9.17, 15) is 22.8 Å². The Kier molecular flexibility index (Phi) is 6.48. The van der Waals surface area contributed by atoms with Crippen molar-refractivity contribution in [3.05, 3.63) is 75.3 Å². The SMILES string of the molecule is Cc1nc2ccc(CNC(=O)c3cccc(C(F)(F)F)c3)cc2c(=O)n1C1CCCOOC1. The van der Waals surface area contributed by atoms with Gasteiger partial charge in [0, 0.05) is 12.1 Å². The number of halogens is 3. The highest BCUT2D eigenvalue weighted by Gasteiger charge is 2.30. The molecule has 0 bridgehead atoms. The van der Waals surface area contributed by atoms with Crippen LogP contribution in [-0.2, 0) is 22.5 Å². The molecule has 7 nitrogen and oxygen atoms in total. The average molecular weight is 461 g/mol. The summed E-state index contributed by atoms with van der Waals surface area (Å²) in [5.74, 6) is -0.0788. The molecule has 0 radical (unpaired) electrons. The Morgan fingerprint density at radius 2 is 2.03 bits per heavy atom. The van der Waals surface area contributed by atoms with Crippen molar-refractivity contribution in [2.45, 2.75) is 38.5 Å². The normalized spacial score (nSPS) is 17.0. The molecule has 174 valence electrons. The number of hydrogen-bond acceptors (Lipinski definition) is 5. The number of carbonyl (C=O) groups is 1. The van der Waals surface area contributed by atoms with Gasteiger partial charge in [-0.2, -0.15) is 13.2 Å². The van der Waals surface area contributed by atoms with Gasteiger partial charge in [-0.3, -0.25) is 14.2 Å². The van der Waals surface area contributed by atoms with Gasteiger partial charge in [0.1, 0.15) is 12.4 Å². The molecule has 3 aromatic rings. The molecule has 1 saturated heterocycles. The van der Waals surface area contributed by atoms with Crippen molar-refractivity contribution in [3.63, 3.8) is 0 Å². The lowest BCUT2D eigenvalue weighted by Crippen LogP contribution is -2.30. The first kappa shape index (κ1) is 22.9. The predicted molar refractivity (Wildman–Crippen MR) is 114 cm³/mol. The quantitative estimate of drug-likeness (QED) is 0.596. The molecule has 10 heteroatoms. The molecule has 2 aromatic carbocycles.